The van der Waals surface area contributed by atoms with Gasteiger partial charge in [0.05, 0.1) is 0 Å². The first-order valence-corrected chi connectivity index (χ1v) is 8.86. The van der Waals surface area contributed by atoms with Gasteiger partial charge in [-0.25, -0.2) is 0 Å². The quantitative estimate of drug-likeness (QED) is 0.533. The van der Waals surface area contributed by atoms with Gasteiger partial charge in [0.1, 0.15) is 0 Å². The molecule has 23 heavy (non-hydrogen) atoms. The number of fused-ring (bicyclic) bond motifs is 2. The number of allylic oxidation sites excluding steroid dienone is 5. The molecule has 1 atom stereocenters. The summed E-state index contributed by atoms with van der Waals surface area (Å²) in [7, 11) is 0. The van der Waals surface area contributed by atoms with Gasteiger partial charge < -0.3 is 0 Å². The minimum Gasteiger partial charge on any atom is -0.195 e. The SMILES string of the molecule is C=Cc1ccc2c[n+]1CC(=C)C(CC)(C1=C(CC)CCC=C1)C2. The maximum absolute atomic E-state index is 4.55. The van der Waals surface area contributed by atoms with Gasteiger partial charge in [-0.05, 0) is 49.3 Å². The van der Waals surface area contributed by atoms with Crippen molar-refractivity contribution in [2.75, 3.05) is 0 Å². The maximum Gasteiger partial charge on any atom is 0.204 e. The summed E-state index contributed by atoms with van der Waals surface area (Å²) >= 11 is 0. The van der Waals surface area contributed by atoms with E-state index in [1.165, 1.54) is 29.7 Å². The molecule has 0 aromatic carbocycles. The van der Waals surface area contributed by atoms with Crippen LogP contribution in [0.25, 0.3) is 6.08 Å². The molecular weight excluding hydrogens is 278 g/mol. The van der Waals surface area contributed by atoms with Crippen molar-refractivity contribution in [1.82, 2.24) is 0 Å². The predicted molar refractivity (Wildman–Crippen MR) is 98.0 cm³/mol. The van der Waals surface area contributed by atoms with Crippen LogP contribution in [-0.2, 0) is 13.0 Å². The van der Waals surface area contributed by atoms with Gasteiger partial charge in [0.25, 0.3) is 0 Å². The second kappa shape index (κ2) is 6.31. The van der Waals surface area contributed by atoms with Gasteiger partial charge in [-0.1, -0.05) is 44.7 Å². The lowest BCUT2D eigenvalue weighted by Crippen LogP contribution is -2.39. The lowest BCUT2D eigenvalue weighted by atomic mass is 9.66. The Kier molecular flexibility index (Phi) is 4.39. The molecule has 0 fully saturated rings. The maximum atomic E-state index is 4.55. The molecule has 1 aromatic heterocycles. The van der Waals surface area contributed by atoms with Crippen molar-refractivity contribution in [3.63, 3.8) is 0 Å². The molecule has 1 heteroatoms. The summed E-state index contributed by atoms with van der Waals surface area (Å²) in [6, 6.07) is 4.45. The summed E-state index contributed by atoms with van der Waals surface area (Å²) < 4.78 is 2.31. The summed E-state index contributed by atoms with van der Waals surface area (Å²) in [6.07, 6.45) is 14.7. The Labute approximate surface area is 140 Å². The average Bonchev–Trinajstić information content (AvgIpc) is 2.70. The summed E-state index contributed by atoms with van der Waals surface area (Å²) in [5.74, 6) is 0. The van der Waals surface area contributed by atoms with Crippen LogP contribution in [0.2, 0.25) is 0 Å². The van der Waals surface area contributed by atoms with Crippen molar-refractivity contribution in [2.45, 2.75) is 52.5 Å². The lowest BCUT2D eigenvalue weighted by molar-refractivity contribution is -0.690. The number of hydrogen-bond donors (Lipinski definition) is 0. The van der Waals surface area contributed by atoms with Crippen molar-refractivity contribution in [2.24, 2.45) is 5.41 Å². The molecule has 1 unspecified atom stereocenters. The van der Waals surface area contributed by atoms with E-state index in [4.69, 9.17) is 0 Å². The number of hydrogen-bond acceptors (Lipinski definition) is 0. The average molecular weight is 306 g/mol. The molecule has 0 saturated heterocycles. The van der Waals surface area contributed by atoms with Gasteiger partial charge >= 0.3 is 0 Å². The van der Waals surface area contributed by atoms with Crippen molar-refractivity contribution in [3.8, 4) is 0 Å². The molecule has 0 radical (unpaired) electrons. The van der Waals surface area contributed by atoms with E-state index in [0.717, 1.165) is 25.8 Å². The highest BCUT2D eigenvalue weighted by atomic mass is 15.0. The van der Waals surface area contributed by atoms with E-state index in [1.807, 2.05) is 6.08 Å². The molecule has 1 aliphatic carbocycles. The second-order valence-electron chi connectivity index (χ2n) is 6.82. The third-order valence-electron chi connectivity index (χ3n) is 5.70. The highest BCUT2D eigenvalue weighted by Crippen LogP contribution is 2.47. The van der Waals surface area contributed by atoms with Gasteiger partial charge in [0, 0.05) is 23.1 Å². The number of pyridine rings is 1. The van der Waals surface area contributed by atoms with Gasteiger partial charge in [-0.2, -0.15) is 4.57 Å². The fraction of sp³-hybridized carbons (Fsp3) is 0.409. The number of nitrogens with zero attached hydrogens (tertiary/aromatic N) is 1. The van der Waals surface area contributed by atoms with E-state index in [2.05, 4.69) is 62.1 Å². The summed E-state index contributed by atoms with van der Waals surface area (Å²) in [6.45, 7) is 14.0. The van der Waals surface area contributed by atoms with Crippen LogP contribution in [0.5, 0.6) is 0 Å². The summed E-state index contributed by atoms with van der Waals surface area (Å²) in [5.41, 5.74) is 7.15. The Morgan fingerprint density at radius 3 is 2.83 bits per heavy atom. The van der Waals surface area contributed by atoms with Gasteiger partial charge in [0.15, 0.2) is 12.7 Å². The van der Waals surface area contributed by atoms with Crippen LogP contribution in [0, 0.1) is 5.41 Å². The fourth-order valence-corrected chi connectivity index (χ4v) is 4.29. The van der Waals surface area contributed by atoms with E-state index in [9.17, 15) is 0 Å². The minimum absolute atomic E-state index is 0.0732. The topological polar surface area (TPSA) is 3.88 Å². The van der Waals surface area contributed by atoms with E-state index in [1.54, 1.807) is 11.1 Å². The zero-order chi connectivity index (χ0) is 16.4. The van der Waals surface area contributed by atoms with Gasteiger partial charge in [0.2, 0.25) is 5.69 Å². The van der Waals surface area contributed by atoms with E-state index >= 15 is 0 Å². The Hall–Kier alpha value is -1.89. The summed E-state index contributed by atoms with van der Waals surface area (Å²) in [4.78, 5) is 0. The molecule has 2 heterocycles. The van der Waals surface area contributed by atoms with Crippen LogP contribution in [0.15, 0.2) is 60.4 Å². The first-order chi connectivity index (χ1) is 11.1. The van der Waals surface area contributed by atoms with Crippen LogP contribution in [-0.4, -0.2) is 0 Å². The second-order valence-corrected chi connectivity index (χ2v) is 6.82. The molecule has 1 nitrogen and oxygen atoms in total. The molecule has 0 saturated carbocycles. The zero-order valence-electron chi connectivity index (χ0n) is 14.6. The van der Waals surface area contributed by atoms with Crippen LogP contribution in [0.1, 0.15) is 50.8 Å². The standard InChI is InChI=1S/C22H28N/c1-5-19-10-8-9-11-21(19)22(7-3)14-18-12-13-20(6-2)23(16-18)15-17(22)4/h6,9,11-13,16H,2,4-5,7-8,10,14-15H2,1,3H3/q+1. The molecule has 1 aliphatic heterocycles. The number of rotatable bonds is 4. The zero-order valence-corrected chi connectivity index (χ0v) is 14.6. The fourth-order valence-electron chi connectivity index (χ4n) is 4.29. The highest BCUT2D eigenvalue weighted by Gasteiger charge is 2.40. The Balaban J connectivity index is 2.13. The summed E-state index contributed by atoms with van der Waals surface area (Å²) in [5, 5.41) is 0. The molecule has 0 amide bonds. The van der Waals surface area contributed by atoms with Crippen molar-refractivity contribution < 1.29 is 4.57 Å². The molecule has 2 bridgehead atoms. The monoisotopic (exact) mass is 306 g/mol. The lowest BCUT2D eigenvalue weighted by Gasteiger charge is -2.37. The molecule has 2 aliphatic rings. The van der Waals surface area contributed by atoms with Crippen LogP contribution >= 0.6 is 0 Å². The third-order valence-corrected chi connectivity index (χ3v) is 5.70. The van der Waals surface area contributed by atoms with Gasteiger partial charge in [-0.3, -0.25) is 0 Å². The van der Waals surface area contributed by atoms with Crippen LogP contribution in [0.3, 0.4) is 0 Å². The minimum atomic E-state index is 0.0732. The van der Waals surface area contributed by atoms with Crippen LogP contribution in [0.4, 0.5) is 0 Å². The molecule has 0 N–H and O–H groups in total. The van der Waals surface area contributed by atoms with Crippen molar-refractivity contribution in [1.29, 1.82) is 0 Å². The largest absolute Gasteiger partial charge is 0.204 e. The Morgan fingerprint density at radius 1 is 1.30 bits per heavy atom. The highest BCUT2D eigenvalue weighted by molar-refractivity contribution is 5.44. The first-order valence-electron chi connectivity index (χ1n) is 8.86. The molecule has 120 valence electrons. The molecular formula is C22H28N+. The normalized spacial score (nSPS) is 23.8. The van der Waals surface area contributed by atoms with Crippen molar-refractivity contribution in [3.05, 3.63) is 71.6 Å². The third kappa shape index (κ3) is 2.63. The number of aromatic nitrogens is 1. The molecule has 1 aromatic rings. The van der Waals surface area contributed by atoms with E-state index in [0.29, 0.717) is 0 Å². The van der Waals surface area contributed by atoms with Crippen LogP contribution < -0.4 is 4.57 Å². The van der Waals surface area contributed by atoms with E-state index in [-0.39, 0.29) is 5.41 Å². The smallest absolute Gasteiger partial charge is 0.195 e. The Morgan fingerprint density at radius 2 is 2.13 bits per heavy atom. The predicted octanol–water partition coefficient (Wildman–Crippen LogP) is 5.18. The van der Waals surface area contributed by atoms with E-state index < -0.39 is 0 Å². The van der Waals surface area contributed by atoms with Gasteiger partial charge in [-0.15, -0.1) is 0 Å². The first kappa shape index (κ1) is 16.0. The molecule has 0 spiro atoms. The molecule has 3 rings (SSSR count). The Bertz CT molecular complexity index is 705. The van der Waals surface area contributed by atoms with Crippen molar-refractivity contribution >= 4 is 6.08 Å².